The summed E-state index contributed by atoms with van der Waals surface area (Å²) in [6, 6.07) is 17.0. The fourth-order valence-electron chi connectivity index (χ4n) is 11.1. The minimum atomic E-state index is -0.103. The van der Waals surface area contributed by atoms with Crippen molar-refractivity contribution in [3.63, 3.8) is 0 Å². The monoisotopic (exact) mass is 536 g/mol. The highest BCUT2D eigenvalue weighted by molar-refractivity contribution is 5.96. The van der Waals surface area contributed by atoms with Crippen LogP contribution in [0.3, 0.4) is 0 Å². The third-order valence-electron chi connectivity index (χ3n) is 12.2. The Kier molecular flexibility index (Phi) is 5.94. The molecule has 8 fully saturated rings. The first-order chi connectivity index (χ1) is 19.4. The number of nitrogens with one attached hydrogen (secondary N) is 2. The first kappa shape index (κ1) is 25.1. The second-order valence-corrected chi connectivity index (χ2v) is 15.2. The van der Waals surface area contributed by atoms with Crippen molar-refractivity contribution in [2.75, 3.05) is 10.6 Å². The molecule has 2 amide bonds. The van der Waals surface area contributed by atoms with Crippen LogP contribution in [0.1, 0.15) is 88.2 Å². The summed E-state index contributed by atoms with van der Waals surface area (Å²) < 4.78 is 0. The number of aryl methyl sites for hydroxylation is 2. The van der Waals surface area contributed by atoms with Crippen LogP contribution in [-0.2, 0) is 22.4 Å². The summed E-state index contributed by atoms with van der Waals surface area (Å²) in [6.07, 6.45) is 16.7. The minimum absolute atomic E-state index is 0.103. The molecule has 0 unspecified atom stereocenters. The van der Waals surface area contributed by atoms with Gasteiger partial charge in [-0.3, -0.25) is 9.59 Å². The summed E-state index contributed by atoms with van der Waals surface area (Å²) in [5, 5.41) is 6.58. The molecule has 0 aromatic heterocycles. The summed E-state index contributed by atoms with van der Waals surface area (Å²) in [6.45, 7) is 0. The molecule has 4 nitrogen and oxygen atoms in total. The molecule has 8 aliphatic rings. The molecule has 8 bridgehead atoms. The third kappa shape index (κ3) is 4.50. The number of carbonyl (C=O) groups is 2. The number of anilines is 2. The highest BCUT2D eigenvalue weighted by atomic mass is 16.2. The van der Waals surface area contributed by atoms with Gasteiger partial charge in [0, 0.05) is 11.4 Å². The Morgan fingerprint density at radius 2 is 0.775 bits per heavy atom. The Balaban J connectivity index is 0.843. The van der Waals surface area contributed by atoms with Crippen molar-refractivity contribution in [3.8, 4) is 0 Å². The van der Waals surface area contributed by atoms with E-state index in [9.17, 15) is 9.59 Å². The van der Waals surface area contributed by atoms with Gasteiger partial charge in [-0.1, -0.05) is 24.3 Å². The van der Waals surface area contributed by atoms with Crippen LogP contribution in [0.2, 0.25) is 0 Å². The molecule has 0 aliphatic heterocycles. The van der Waals surface area contributed by atoms with Gasteiger partial charge in [0.25, 0.3) is 0 Å². The van der Waals surface area contributed by atoms with Gasteiger partial charge in [-0.05, 0) is 161 Å². The predicted octanol–water partition coefficient (Wildman–Crippen LogP) is 7.78. The maximum atomic E-state index is 13.4. The number of hydrogen-bond donors (Lipinski definition) is 2. The average molecular weight is 537 g/mol. The van der Waals surface area contributed by atoms with Crippen LogP contribution < -0.4 is 10.6 Å². The van der Waals surface area contributed by atoms with Crippen molar-refractivity contribution >= 4 is 23.2 Å². The molecule has 40 heavy (non-hydrogen) atoms. The van der Waals surface area contributed by atoms with E-state index in [1.54, 1.807) is 0 Å². The van der Waals surface area contributed by atoms with Crippen LogP contribution in [-0.4, -0.2) is 11.8 Å². The van der Waals surface area contributed by atoms with Gasteiger partial charge in [-0.25, -0.2) is 0 Å². The largest absolute Gasteiger partial charge is 0.326 e. The SMILES string of the molecule is O=C(Nc1ccc(CCc2ccc(NC(=O)C34CC5CC(CC(C5)C3)C4)cc2)cc1)C12CC3CC(CC(C3)C1)C2. The Bertz CT molecular complexity index is 1120. The number of hydrogen-bond acceptors (Lipinski definition) is 2. The van der Waals surface area contributed by atoms with Gasteiger partial charge in [-0.15, -0.1) is 0 Å². The Hall–Kier alpha value is -2.62. The lowest BCUT2D eigenvalue weighted by Crippen LogP contribution is -2.51. The molecule has 2 aromatic rings. The van der Waals surface area contributed by atoms with Crippen molar-refractivity contribution < 1.29 is 9.59 Å². The van der Waals surface area contributed by atoms with Gasteiger partial charge in [0.1, 0.15) is 0 Å². The summed E-state index contributed by atoms with van der Waals surface area (Å²) >= 11 is 0. The van der Waals surface area contributed by atoms with Crippen molar-refractivity contribution in [2.24, 2.45) is 46.3 Å². The van der Waals surface area contributed by atoms with E-state index >= 15 is 0 Å². The smallest absolute Gasteiger partial charge is 0.230 e. The van der Waals surface area contributed by atoms with E-state index in [0.717, 1.165) is 98.2 Å². The number of carbonyl (C=O) groups excluding carboxylic acids is 2. The van der Waals surface area contributed by atoms with Gasteiger partial charge >= 0.3 is 0 Å². The van der Waals surface area contributed by atoms with E-state index in [-0.39, 0.29) is 22.6 Å². The van der Waals surface area contributed by atoms with E-state index in [2.05, 4.69) is 59.2 Å². The number of amides is 2. The molecule has 0 heterocycles. The summed E-state index contributed by atoms with van der Waals surface area (Å²) in [7, 11) is 0. The topological polar surface area (TPSA) is 58.2 Å². The molecule has 8 saturated carbocycles. The molecule has 0 atom stereocenters. The van der Waals surface area contributed by atoms with Crippen LogP contribution in [0.15, 0.2) is 48.5 Å². The normalized spacial score (nSPS) is 38.4. The van der Waals surface area contributed by atoms with Crippen molar-refractivity contribution in [2.45, 2.75) is 89.9 Å². The Labute approximate surface area is 239 Å². The van der Waals surface area contributed by atoms with E-state index in [1.807, 2.05) is 0 Å². The van der Waals surface area contributed by atoms with Gasteiger partial charge < -0.3 is 10.6 Å². The molecular formula is C36H44N2O2. The second-order valence-electron chi connectivity index (χ2n) is 15.2. The first-order valence-electron chi connectivity index (χ1n) is 16.2. The Morgan fingerprint density at radius 1 is 0.500 bits per heavy atom. The zero-order valence-corrected chi connectivity index (χ0v) is 23.8. The lowest BCUT2D eigenvalue weighted by molar-refractivity contribution is -0.141. The quantitative estimate of drug-likeness (QED) is 0.380. The average Bonchev–Trinajstić information content (AvgIpc) is 2.92. The van der Waals surface area contributed by atoms with Gasteiger partial charge in [0.05, 0.1) is 10.8 Å². The van der Waals surface area contributed by atoms with Gasteiger partial charge in [0.2, 0.25) is 11.8 Å². The highest BCUT2D eigenvalue weighted by Crippen LogP contribution is 2.61. The maximum absolute atomic E-state index is 13.4. The molecular weight excluding hydrogens is 492 g/mol. The van der Waals surface area contributed by atoms with Crippen LogP contribution >= 0.6 is 0 Å². The zero-order valence-electron chi connectivity index (χ0n) is 23.8. The van der Waals surface area contributed by atoms with Crippen LogP contribution in [0.4, 0.5) is 11.4 Å². The lowest BCUT2D eigenvalue weighted by Gasteiger charge is -2.55. The molecule has 2 aromatic carbocycles. The predicted molar refractivity (Wildman–Crippen MR) is 159 cm³/mol. The van der Waals surface area contributed by atoms with E-state index in [0.29, 0.717) is 0 Å². The number of benzene rings is 2. The molecule has 0 spiro atoms. The maximum Gasteiger partial charge on any atom is 0.230 e. The van der Waals surface area contributed by atoms with Gasteiger partial charge in [0.15, 0.2) is 0 Å². The summed E-state index contributed by atoms with van der Waals surface area (Å²) in [5.74, 6) is 5.25. The standard InChI is InChI=1S/C36H44N2O2/c39-33(35-17-25-11-26(18-35)13-27(12-25)19-35)37-31-7-3-23(4-8-31)1-2-24-5-9-32(10-6-24)38-34(40)36-20-28-14-29(21-36)16-30(15-28)22-36/h3-10,25-30H,1-2,11-22H2,(H,37,39)(H,38,40). The summed E-state index contributed by atoms with van der Waals surface area (Å²) in [4.78, 5) is 26.8. The van der Waals surface area contributed by atoms with E-state index in [1.165, 1.54) is 49.7 Å². The molecule has 0 radical (unpaired) electrons. The molecule has 10 rings (SSSR count). The molecule has 2 N–H and O–H groups in total. The molecule has 8 aliphatic carbocycles. The van der Waals surface area contributed by atoms with E-state index < -0.39 is 0 Å². The Morgan fingerprint density at radius 3 is 1.05 bits per heavy atom. The van der Waals surface area contributed by atoms with Crippen molar-refractivity contribution in [1.82, 2.24) is 0 Å². The van der Waals surface area contributed by atoms with Gasteiger partial charge in [-0.2, -0.15) is 0 Å². The fourth-order valence-corrected chi connectivity index (χ4v) is 11.1. The molecule has 0 saturated heterocycles. The van der Waals surface area contributed by atoms with Crippen LogP contribution in [0.5, 0.6) is 0 Å². The highest BCUT2D eigenvalue weighted by Gasteiger charge is 2.55. The van der Waals surface area contributed by atoms with Crippen LogP contribution in [0, 0.1) is 46.3 Å². The zero-order chi connectivity index (χ0) is 26.9. The molecule has 4 heteroatoms. The van der Waals surface area contributed by atoms with Crippen molar-refractivity contribution in [1.29, 1.82) is 0 Å². The molecule has 210 valence electrons. The van der Waals surface area contributed by atoms with Crippen LogP contribution in [0.25, 0.3) is 0 Å². The summed E-state index contributed by atoms with van der Waals surface area (Å²) in [5.41, 5.74) is 4.23. The van der Waals surface area contributed by atoms with E-state index in [4.69, 9.17) is 0 Å². The lowest BCUT2D eigenvalue weighted by atomic mass is 9.49. The minimum Gasteiger partial charge on any atom is -0.326 e. The second kappa shape index (κ2) is 9.46. The van der Waals surface area contributed by atoms with Crippen molar-refractivity contribution in [3.05, 3.63) is 59.7 Å². The first-order valence-corrected chi connectivity index (χ1v) is 16.2. The fraction of sp³-hybridized carbons (Fsp3) is 0.611. The number of rotatable bonds is 7. The third-order valence-corrected chi connectivity index (χ3v) is 12.2.